The Hall–Kier alpha value is -5.78. The topological polar surface area (TPSA) is 170 Å². The molecule has 4 amide bonds. The summed E-state index contributed by atoms with van der Waals surface area (Å²) in [6.45, 7) is 1.41. The highest BCUT2D eigenvalue weighted by Crippen LogP contribution is 2.34. The summed E-state index contributed by atoms with van der Waals surface area (Å²) >= 11 is 0. The molecule has 3 aromatic carbocycles. The molecule has 12 nitrogen and oxygen atoms in total. The van der Waals surface area contributed by atoms with Crippen LogP contribution in [0.5, 0.6) is 5.88 Å². The van der Waals surface area contributed by atoms with Crippen molar-refractivity contribution in [2.24, 2.45) is 4.99 Å². The summed E-state index contributed by atoms with van der Waals surface area (Å²) < 4.78 is 0. The van der Waals surface area contributed by atoms with Crippen LogP contribution >= 0.6 is 0 Å². The van der Waals surface area contributed by atoms with Crippen molar-refractivity contribution in [3.63, 3.8) is 0 Å². The number of nitro groups is 1. The van der Waals surface area contributed by atoms with Gasteiger partial charge in [0.15, 0.2) is 5.88 Å². The Morgan fingerprint density at radius 1 is 1.00 bits per heavy atom. The third-order valence-electron chi connectivity index (χ3n) is 7.69. The Kier molecular flexibility index (Phi) is 7.63. The van der Waals surface area contributed by atoms with Gasteiger partial charge in [-0.3, -0.25) is 25.0 Å². The van der Waals surface area contributed by atoms with E-state index in [0.29, 0.717) is 58.4 Å². The smallest absolute Gasteiger partial charge is 0.326 e. The molecule has 1 aromatic heterocycles. The number of piperidine rings is 1. The molecular formula is C32H28N6O6. The van der Waals surface area contributed by atoms with Crippen molar-refractivity contribution < 1.29 is 24.4 Å². The van der Waals surface area contributed by atoms with Gasteiger partial charge in [0.2, 0.25) is 5.91 Å². The van der Waals surface area contributed by atoms with Crippen molar-refractivity contribution in [3.05, 3.63) is 105 Å². The van der Waals surface area contributed by atoms with Crippen LogP contribution < -0.4 is 10.6 Å². The molecule has 2 aliphatic rings. The number of carbonyl (C=O) groups excluding carboxylic acids is 3. The molecule has 12 heteroatoms. The van der Waals surface area contributed by atoms with Gasteiger partial charge >= 0.3 is 6.03 Å². The van der Waals surface area contributed by atoms with Crippen molar-refractivity contribution in [1.29, 1.82) is 0 Å². The lowest BCUT2D eigenvalue weighted by molar-refractivity contribution is -0.384. The van der Waals surface area contributed by atoms with Crippen molar-refractivity contribution in [2.45, 2.75) is 25.7 Å². The second-order valence-electron chi connectivity index (χ2n) is 10.6. The fourth-order valence-electron chi connectivity index (χ4n) is 5.40. The maximum atomic E-state index is 12.2. The molecule has 6 rings (SSSR count). The number of nitrogens with zero attached hydrogens (tertiary/aromatic N) is 3. The van der Waals surface area contributed by atoms with E-state index in [9.17, 15) is 29.6 Å². The van der Waals surface area contributed by atoms with E-state index in [2.05, 4.69) is 15.6 Å². The maximum absolute atomic E-state index is 12.2. The van der Waals surface area contributed by atoms with E-state index in [1.165, 1.54) is 18.2 Å². The number of imide groups is 1. The summed E-state index contributed by atoms with van der Waals surface area (Å²) in [5.74, 6) is -0.518. The van der Waals surface area contributed by atoms with Gasteiger partial charge in [-0.25, -0.2) is 9.79 Å². The van der Waals surface area contributed by atoms with Crippen LogP contribution in [0.4, 0.5) is 16.2 Å². The first-order chi connectivity index (χ1) is 21.2. The molecule has 2 saturated heterocycles. The largest absolute Gasteiger partial charge is 0.494 e. The lowest BCUT2D eigenvalue weighted by Crippen LogP contribution is -2.36. The number of aromatic amines is 1. The number of benzene rings is 3. The molecule has 2 aliphatic heterocycles. The summed E-state index contributed by atoms with van der Waals surface area (Å²) in [4.78, 5) is 56.2. The SMILES string of the molecule is O=C1NC(=O)/C(=C/c2ccc(N=C(c3ccc(CCN4CCCCC4=O)cc3)c3c(O)[nH]c4ccc([N+](=O)[O-])cc34)cc2)N1. The van der Waals surface area contributed by atoms with E-state index in [-0.39, 0.29) is 23.2 Å². The van der Waals surface area contributed by atoms with E-state index in [0.717, 1.165) is 24.9 Å². The second-order valence-corrected chi connectivity index (χ2v) is 10.6. The molecule has 0 unspecified atom stereocenters. The fourth-order valence-corrected chi connectivity index (χ4v) is 5.40. The zero-order valence-corrected chi connectivity index (χ0v) is 23.5. The van der Waals surface area contributed by atoms with E-state index < -0.39 is 16.9 Å². The van der Waals surface area contributed by atoms with Gasteiger partial charge in [-0.05, 0) is 54.7 Å². The molecule has 3 heterocycles. The predicted octanol–water partition coefficient (Wildman–Crippen LogP) is 4.69. The van der Waals surface area contributed by atoms with Crippen molar-refractivity contribution in [2.75, 3.05) is 13.1 Å². The number of nitro benzene ring substituents is 1. The third kappa shape index (κ3) is 5.91. The first kappa shape index (κ1) is 28.3. The number of nitrogens with one attached hydrogen (secondary N) is 3. The molecule has 0 saturated carbocycles. The van der Waals surface area contributed by atoms with Crippen LogP contribution in [-0.2, 0) is 16.0 Å². The number of hydrogen-bond acceptors (Lipinski definition) is 7. The molecule has 222 valence electrons. The van der Waals surface area contributed by atoms with Crippen LogP contribution in [0.3, 0.4) is 0 Å². The van der Waals surface area contributed by atoms with Gasteiger partial charge < -0.3 is 20.3 Å². The zero-order valence-electron chi connectivity index (χ0n) is 23.5. The predicted molar refractivity (Wildman–Crippen MR) is 164 cm³/mol. The lowest BCUT2D eigenvalue weighted by Gasteiger charge is -2.26. The van der Waals surface area contributed by atoms with Crippen molar-refractivity contribution in [1.82, 2.24) is 20.5 Å². The Morgan fingerprint density at radius 2 is 1.77 bits per heavy atom. The average molecular weight is 593 g/mol. The van der Waals surface area contributed by atoms with Crippen LogP contribution in [0, 0.1) is 10.1 Å². The Bertz CT molecular complexity index is 1860. The average Bonchev–Trinajstić information content (AvgIpc) is 3.52. The number of amides is 4. The summed E-state index contributed by atoms with van der Waals surface area (Å²) in [5.41, 5.74) is 4.09. The molecule has 4 N–H and O–H groups in total. The third-order valence-corrected chi connectivity index (χ3v) is 7.69. The minimum Gasteiger partial charge on any atom is -0.494 e. The first-order valence-corrected chi connectivity index (χ1v) is 14.1. The number of aromatic hydroxyl groups is 1. The standard InChI is InChI=1S/C32H28N6O6/c39-27-3-1-2-15-37(27)16-14-19-4-8-21(9-5-19)29(28-24-18-23(38(43)44)12-13-25(24)34-31(28)41)33-22-10-6-20(7-11-22)17-26-30(40)36-32(42)35-26/h4-13,17-18,34,41H,1-3,14-16H2,(H2,35,36,40,42)/b26-17-,33-29?. The number of H-pyrrole nitrogens is 1. The van der Waals surface area contributed by atoms with Crippen molar-refractivity contribution in [3.8, 4) is 5.88 Å². The molecule has 0 spiro atoms. The van der Waals surface area contributed by atoms with Crippen LogP contribution in [0.2, 0.25) is 0 Å². The van der Waals surface area contributed by atoms with E-state index in [1.807, 2.05) is 29.2 Å². The number of hydrogen-bond donors (Lipinski definition) is 4. The molecule has 44 heavy (non-hydrogen) atoms. The summed E-state index contributed by atoms with van der Waals surface area (Å²) in [7, 11) is 0. The molecule has 4 aromatic rings. The van der Waals surface area contributed by atoms with Crippen LogP contribution in [0.25, 0.3) is 17.0 Å². The van der Waals surface area contributed by atoms with E-state index >= 15 is 0 Å². The zero-order chi connectivity index (χ0) is 30.8. The molecule has 2 fully saturated rings. The number of aromatic nitrogens is 1. The number of non-ortho nitro benzene ring substituents is 1. The van der Waals surface area contributed by atoms with Crippen molar-refractivity contribution >= 4 is 51.9 Å². The summed E-state index contributed by atoms with van der Waals surface area (Å²) in [5, 5.41) is 27.6. The minimum atomic E-state index is -0.586. The number of carbonyl (C=O) groups is 3. The van der Waals surface area contributed by atoms with Crippen LogP contribution in [0.1, 0.15) is 41.5 Å². The second kappa shape index (κ2) is 11.8. The highest BCUT2D eigenvalue weighted by atomic mass is 16.6. The Balaban J connectivity index is 1.36. The summed E-state index contributed by atoms with van der Waals surface area (Å²) in [6, 6.07) is 18.3. The minimum absolute atomic E-state index is 0.125. The van der Waals surface area contributed by atoms with Gasteiger partial charge in [0.1, 0.15) is 5.70 Å². The first-order valence-electron chi connectivity index (χ1n) is 14.1. The van der Waals surface area contributed by atoms with Gasteiger partial charge in [0.05, 0.1) is 21.9 Å². The Labute approximate surface area is 251 Å². The number of aliphatic imine (C=N–C) groups is 1. The van der Waals surface area contributed by atoms with Crippen LogP contribution in [-0.4, -0.2) is 56.6 Å². The molecule has 0 atom stereocenters. The van der Waals surface area contributed by atoms with E-state index in [4.69, 9.17) is 4.99 Å². The van der Waals surface area contributed by atoms with Gasteiger partial charge in [-0.15, -0.1) is 0 Å². The van der Waals surface area contributed by atoms with Gasteiger partial charge in [-0.2, -0.15) is 0 Å². The normalized spacial score (nSPS) is 16.5. The van der Waals surface area contributed by atoms with Gasteiger partial charge in [0, 0.05) is 48.1 Å². The monoisotopic (exact) mass is 592 g/mol. The lowest BCUT2D eigenvalue weighted by atomic mass is 9.98. The molecule has 0 radical (unpaired) electrons. The van der Waals surface area contributed by atoms with E-state index in [1.54, 1.807) is 30.3 Å². The highest BCUT2D eigenvalue weighted by molar-refractivity contribution is 6.22. The van der Waals surface area contributed by atoms with Crippen LogP contribution in [0.15, 0.2) is 77.4 Å². The number of likely N-dealkylation sites (tertiary alicyclic amines) is 1. The van der Waals surface area contributed by atoms with Gasteiger partial charge in [-0.1, -0.05) is 36.4 Å². The number of urea groups is 1. The molecule has 0 bridgehead atoms. The maximum Gasteiger partial charge on any atom is 0.326 e. The molecule has 0 aliphatic carbocycles. The number of rotatable bonds is 8. The quantitative estimate of drug-likeness (QED) is 0.0761. The van der Waals surface area contributed by atoms with Gasteiger partial charge in [0.25, 0.3) is 11.6 Å². The molecular weight excluding hydrogens is 564 g/mol. The highest BCUT2D eigenvalue weighted by Gasteiger charge is 2.23. The Morgan fingerprint density at radius 3 is 2.45 bits per heavy atom. The fraction of sp³-hybridized carbons (Fsp3) is 0.188. The summed E-state index contributed by atoms with van der Waals surface area (Å²) in [6.07, 6.45) is 4.77. The number of fused-ring (bicyclic) bond motifs is 1.